The smallest absolute Gasteiger partial charge is 0.369 e. The van der Waals surface area contributed by atoms with Crippen LogP contribution < -0.4 is 5.32 Å². The number of aromatic nitrogens is 2. The predicted molar refractivity (Wildman–Crippen MR) is 98.9 cm³/mol. The first-order valence-corrected chi connectivity index (χ1v) is 8.81. The lowest BCUT2D eigenvalue weighted by atomic mass is 10.1. The van der Waals surface area contributed by atoms with E-state index in [4.69, 9.17) is 0 Å². The minimum absolute atomic E-state index is 0.401. The lowest BCUT2D eigenvalue weighted by Gasteiger charge is -2.10. The van der Waals surface area contributed by atoms with Gasteiger partial charge < -0.3 is 5.32 Å². The molecule has 0 unspecified atom stereocenters. The van der Waals surface area contributed by atoms with Crippen LogP contribution in [0.15, 0.2) is 48.5 Å². The molecule has 0 amide bonds. The van der Waals surface area contributed by atoms with E-state index in [1.54, 1.807) is 10.7 Å². The summed E-state index contributed by atoms with van der Waals surface area (Å²) in [6, 6.07) is 13.1. The molecule has 1 aliphatic rings. The lowest BCUT2D eigenvalue weighted by molar-refractivity contribution is -0.137. The van der Waals surface area contributed by atoms with E-state index < -0.39 is 11.7 Å². The SMILES string of the molecule is FC(F)(F)c1cccc(-n2nc(-c3ccccc3I)c3c2NCC3)c1. The van der Waals surface area contributed by atoms with Crippen LogP contribution in [-0.4, -0.2) is 16.3 Å². The molecule has 3 aromatic rings. The maximum atomic E-state index is 13.0. The molecule has 2 heterocycles. The highest BCUT2D eigenvalue weighted by molar-refractivity contribution is 14.1. The fraction of sp³-hybridized carbons (Fsp3) is 0.167. The quantitative estimate of drug-likeness (QED) is 0.544. The van der Waals surface area contributed by atoms with Crippen molar-refractivity contribution in [2.24, 2.45) is 0 Å². The molecule has 128 valence electrons. The summed E-state index contributed by atoms with van der Waals surface area (Å²) in [5.74, 6) is 0.772. The Bertz CT molecular complexity index is 947. The molecule has 0 saturated carbocycles. The van der Waals surface area contributed by atoms with Crippen molar-refractivity contribution in [3.8, 4) is 16.9 Å². The van der Waals surface area contributed by atoms with Gasteiger partial charge in [-0.05, 0) is 53.3 Å². The van der Waals surface area contributed by atoms with Crippen molar-refractivity contribution >= 4 is 28.4 Å². The number of alkyl halides is 3. The van der Waals surface area contributed by atoms with Crippen LogP contribution in [0, 0.1) is 3.57 Å². The predicted octanol–water partition coefficient (Wildman–Crippen LogP) is 5.13. The van der Waals surface area contributed by atoms with Crippen molar-refractivity contribution in [3.05, 3.63) is 63.2 Å². The zero-order valence-electron chi connectivity index (χ0n) is 12.9. The molecule has 0 spiro atoms. The van der Waals surface area contributed by atoms with Crippen LogP contribution in [0.4, 0.5) is 19.0 Å². The number of hydrogen-bond donors (Lipinski definition) is 1. The van der Waals surface area contributed by atoms with Crippen LogP contribution in [0.25, 0.3) is 16.9 Å². The van der Waals surface area contributed by atoms with E-state index in [1.807, 2.05) is 24.3 Å². The highest BCUT2D eigenvalue weighted by Crippen LogP contribution is 2.37. The second kappa shape index (κ2) is 6.05. The highest BCUT2D eigenvalue weighted by atomic mass is 127. The average molecular weight is 455 g/mol. The third kappa shape index (κ3) is 2.90. The second-order valence-corrected chi connectivity index (χ2v) is 6.95. The van der Waals surface area contributed by atoms with Crippen molar-refractivity contribution in [1.82, 2.24) is 9.78 Å². The number of rotatable bonds is 2. The van der Waals surface area contributed by atoms with Crippen molar-refractivity contribution < 1.29 is 13.2 Å². The molecule has 0 aliphatic carbocycles. The number of nitrogens with one attached hydrogen (secondary N) is 1. The van der Waals surface area contributed by atoms with Crippen LogP contribution in [0.3, 0.4) is 0 Å². The van der Waals surface area contributed by atoms with Gasteiger partial charge in [0.1, 0.15) is 5.82 Å². The minimum Gasteiger partial charge on any atom is -0.369 e. The summed E-state index contributed by atoms with van der Waals surface area (Å²) >= 11 is 2.25. The van der Waals surface area contributed by atoms with Gasteiger partial charge in [-0.2, -0.15) is 18.3 Å². The van der Waals surface area contributed by atoms with Crippen molar-refractivity contribution in [2.45, 2.75) is 12.6 Å². The van der Waals surface area contributed by atoms with Gasteiger partial charge in [0.15, 0.2) is 0 Å². The molecule has 1 aromatic heterocycles. The molecular weight excluding hydrogens is 442 g/mol. The Balaban J connectivity index is 1.88. The molecule has 4 rings (SSSR count). The Hall–Kier alpha value is -2.03. The Morgan fingerprint density at radius 3 is 2.64 bits per heavy atom. The zero-order chi connectivity index (χ0) is 17.6. The number of nitrogens with zero attached hydrogens (tertiary/aromatic N) is 2. The highest BCUT2D eigenvalue weighted by Gasteiger charge is 2.31. The number of benzene rings is 2. The molecule has 1 aliphatic heterocycles. The van der Waals surface area contributed by atoms with E-state index in [9.17, 15) is 13.2 Å². The molecule has 25 heavy (non-hydrogen) atoms. The van der Waals surface area contributed by atoms with Crippen LogP contribution in [0.1, 0.15) is 11.1 Å². The topological polar surface area (TPSA) is 29.9 Å². The van der Waals surface area contributed by atoms with E-state index in [-0.39, 0.29) is 0 Å². The Kier molecular flexibility index (Phi) is 3.98. The van der Waals surface area contributed by atoms with Gasteiger partial charge in [-0.25, -0.2) is 4.68 Å². The third-order valence-electron chi connectivity index (χ3n) is 4.20. The van der Waals surface area contributed by atoms with Gasteiger partial charge in [0.05, 0.1) is 16.9 Å². The largest absolute Gasteiger partial charge is 0.416 e. The van der Waals surface area contributed by atoms with Gasteiger partial charge in [0.2, 0.25) is 0 Å². The minimum atomic E-state index is -4.38. The van der Waals surface area contributed by atoms with Crippen molar-refractivity contribution in [2.75, 3.05) is 11.9 Å². The second-order valence-electron chi connectivity index (χ2n) is 5.79. The summed E-state index contributed by atoms with van der Waals surface area (Å²) in [4.78, 5) is 0. The van der Waals surface area contributed by atoms with E-state index in [0.29, 0.717) is 5.69 Å². The molecule has 2 aromatic carbocycles. The fourth-order valence-corrected chi connectivity index (χ4v) is 3.69. The van der Waals surface area contributed by atoms with Crippen molar-refractivity contribution in [3.63, 3.8) is 0 Å². The molecule has 0 fully saturated rings. The van der Waals surface area contributed by atoms with E-state index in [0.717, 1.165) is 51.3 Å². The standard InChI is InChI=1S/C18H13F3IN3/c19-18(20,21)11-4-3-5-12(10-11)25-17-14(8-9-23-17)16(24-25)13-6-1-2-7-15(13)22/h1-7,10,23H,8-9H2. The number of hydrogen-bond acceptors (Lipinski definition) is 2. The van der Waals surface area contributed by atoms with Gasteiger partial charge in [0.25, 0.3) is 0 Å². The Morgan fingerprint density at radius 2 is 1.88 bits per heavy atom. The normalized spacial score (nSPS) is 13.6. The summed E-state index contributed by atoms with van der Waals surface area (Å²) in [6.45, 7) is 0.753. The molecule has 1 N–H and O–H groups in total. The number of fused-ring (bicyclic) bond motifs is 1. The summed E-state index contributed by atoms with van der Waals surface area (Å²) in [6.07, 6.45) is -3.58. The van der Waals surface area contributed by atoms with Crippen LogP contribution >= 0.6 is 22.6 Å². The van der Waals surface area contributed by atoms with E-state index >= 15 is 0 Å². The van der Waals surface area contributed by atoms with Crippen LogP contribution in [-0.2, 0) is 12.6 Å². The summed E-state index contributed by atoms with van der Waals surface area (Å²) in [7, 11) is 0. The Labute approximate surface area is 156 Å². The maximum Gasteiger partial charge on any atom is 0.416 e. The molecule has 0 atom stereocenters. The maximum absolute atomic E-state index is 13.0. The van der Waals surface area contributed by atoms with Gasteiger partial charge >= 0.3 is 6.18 Å². The molecule has 0 radical (unpaired) electrons. The fourth-order valence-electron chi connectivity index (χ4n) is 3.05. The van der Waals surface area contributed by atoms with Gasteiger partial charge in [0, 0.05) is 21.2 Å². The van der Waals surface area contributed by atoms with E-state index in [2.05, 4.69) is 33.0 Å². The molecule has 0 bridgehead atoms. The summed E-state index contributed by atoms with van der Waals surface area (Å²) in [5.41, 5.74) is 2.58. The van der Waals surface area contributed by atoms with Crippen LogP contribution in [0.2, 0.25) is 0 Å². The average Bonchev–Trinajstić information content (AvgIpc) is 3.17. The molecule has 0 saturated heterocycles. The molecule has 7 heteroatoms. The third-order valence-corrected chi connectivity index (χ3v) is 5.14. The summed E-state index contributed by atoms with van der Waals surface area (Å²) in [5, 5.41) is 7.89. The first-order valence-electron chi connectivity index (χ1n) is 7.73. The van der Waals surface area contributed by atoms with Crippen LogP contribution in [0.5, 0.6) is 0 Å². The summed E-state index contributed by atoms with van der Waals surface area (Å²) < 4.78 is 41.7. The van der Waals surface area contributed by atoms with Gasteiger partial charge in [-0.15, -0.1) is 0 Å². The molecular formula is C18H13F3IN3. The lowest BCUT2D eigenvalue weighted by Crippen LogP contribution is -2.08. The number of halogens is 4. The zero-order valence-corrected chi connectivity index (χ0v) is 15.1. The number of anilines is 1. The molecule has 3 nitrogen and oxygen atoms in total. The monoisotopic (exact) mass is 455 g/mol. The first-order chi connectivity index (χ1) is 11.9. The first kappa shape index (κ1) is 16.4. The Morgan fingerprint density at radius 1 is 1.08 bits per heavy atom. The van der Waals surface area contributed by atoms with Gasteiger partial charge in [-0.1, -0.05) is 24.3 Å². The van der Waals surface area contributed by atoms with E-state index in [1.165, 1.54) is 6.07 Å². The van der Waals surface area contributed by atoms with Crippen molar-refractivity contribution in [1.29, 1.82) is 0 Å². The van der Waals surface area contributed by atoms with Gasteiger partial charge in [-0.3, -0.25) is 0 Å².